The molecule has 16 fully saturated rings. The van der Waals surface area contributed by atoms with Crippen LogP contribution in [-0.4, -0.2) is 158 Å². The molecule has 42 heteroatoms. The molecule has 16 aliphatic rings. The maximum absolute atomic E-state index is 9.56. The van der Waals surface area contributed by atoms with E-state index in [0.717, 1.165) is 225 Å². The van der Waals surface area contributed by atoms with E-state index in [1.54, 1.807) is 0 Å². The molecule has 23 rings (SSSR count). The molecule has 7 saturated carbocycles. The lowest BCUT2D eigenvalue weighted by Crippen LogP contribution is -2.96. The van der Waals surface area contributed by atoms with Crippen LogP contribution in [0.4, 0.5) is 0 Å². The van der Waals surface area contributed by atoms with Crippen molar-refractivity contribution in [3.8, 4) is 0 Å². The van der Waals surface area contributed by atoms with E-state index >= 15 is 0 Å². The SMILES string of the molecule is C=C[Si](C)(C)O[Si]1(C2CCCCC2)O[Si]2(C3CCCCC3)O[Si](O[Si]CC(C)(C)[Si]34O[Si]5(c6ccccc6)O[Si]6(c7ccccc7)O[Si]7(c8ccccc8)O[Si](c8ccccc8)(O5)O[Si](c5ccccc5)(O[Si](c5ccccc5)(O7)O[Si](c5ccccc5)(O6)O3)O4)(C3CCCCC3)O[Si]3(C4CCCCC4)O[Si](O[Si](C)(C)C=C)(C4CCCCC4)O[Si](C4CCCCC4)(O1)O[Si](C1CCCCC1)(O2)O3. The van der Waals surface area contributed by atoms with E-state index in [4.69, 9.17) is 74.9 Å². The standard InChI is InChI=1S/C96H138O24Si18/c1-9-122(5,6)98-125(83-55-27-12-28-56-83)102-127(85-59-31-14-32-60-85)100-124(82-53-25-11-26-54-82,101-128(86-61-33-15-34-62-86)103-126(99-123(7,8)10-2,84-57-29-13-30-58-84)105-129(104-125,87-63-35-16-36-64-87)108-130(106-127,107-128)88-65-37-17-38-66-88)97-121-81-96(3,4)138-118-135(93-75-47-22-48-76-93)112-132(90-69-41-19-42-70-90)109-131(89-67-39-18-40-68-89)110-133(114-135,91-71-43-20-44-72-91)116-137(120-138,95-79-51-24-52-80-95)117-134(111-131,92-73-45-21-46-74-92)115-136(113-132,119-138)94-77-49-23-50-78-94/h9-10,18-24,39-52,67-80,82-88H,1-2,11-17,25-38,53-66,81H2,3-8H3. The minimum atomic E-state index is -5.36. The number of fused-ring (bicyclic) bond motifs is 3. The molecule has 9 heterocycles. The smallest absolute Gasteiger partial charge is 0.416 e. The van der Waals surface area contributed by atoms with E-state index < -0.39 is 164 Å². The highest BCUT2D eigenvalue weighted by molar-refractivity contribution is 7.14. The predicted octanol–water partition coefficient (Wildman–Crippen LogP) is 18.9. The fraction of sp³-hybridized carbons (Fsp3) is 0.521. The van der Waals surface area contributed by atoms with Gasteiger partial charge in [-0.05, 0) is 122 Å². The molecule has 9 saturated heterocycles. The molecule has 0 aromatic heterocycles. The highest BCUT2D eigenvalue weighted by Gasteiger charge is 2.90. The van der Waals surface area contributed by atoms with Crippen LogP contribution in [-0.2, 0) is 98.8 Å². The summed E-state index contributed by atoms with van der Waals surface area (Å²) in [6.45, 7) is 22.9. The molecule has 4 atom stereocenters. The van der Waals surface area contributed by atoms with Gasteiger partial charge in [0.1, 0.15) is 0 Å². The number of benzene rings is 7. The summed E-state index contributed by atoms with van der Waals surface area (Å²) >= 11 is 0. The first-order valence-corrected chi connectivity index (χ1v) is 85.5. The van der Waals surface area contributed by atoms with Gasteiger partial charge in [0.2, 0.25) is 26.4 Å². The molecule has 138 heavy (non-hydrogen) atoms. The molecule has 2 radical (unpaired) electrons. The molecule has 7 aromatic rings. The highest BCUT2D eigenvalue weighted by atomic mass is 28.6. The minimum absolute atomic E-state index is 0.138. The predicted molar refractivity (Wildman–Crippen MR) is 563 cm³/mol. The molecular weight excluding hydrogens is 2040 g/mol. The van der Waals surface area contributed by atoms with Gasteiger partial charge in [-0.25, -0.2) is 0 Å². The fourth-order valence-electron chi connectivity index (χ4n) is 24.2. The van der Waals surface area contributed by atoms with Gasteiger partial charge in [0, 0.05) is 80.1 Å². The third kappa shape index (κ3) is 18.5. The van der Waals surface area contributed by atoms with Crippen molar-refractivity contribution in [1.29, 1.82) is 0 Å². The molecule has 738 valence electrons. The van der Waals surface area contributed by atoms with Crippen LogP contribution >= 0.6 is 0 Å². The van der Waals surface area contributed by atoms with Crippen LogP contribution in [0.3, 0.4) is 0 Å². The van der Waals surface area contributed by atoms with Crippen molar-refractivity contribution >= 4 is 195 Å². The Bertz CT molecular complexity index is 4970. The Labute approximate surface area is 838 Å². The van der Waals surface area contributed by atoms with Gasteiger partial charge in [0.15, 0.2) is 0 Å². The maximum Gasteiger partial charge on any atom is 0.515 e. The largest absolute Gasteiger partial charge is 0.515 e. The van der Waals surface area contributed by atoms with Gasteiger partial charge in [-0.1, -0.05) is 372 Å². The average molecular weight is 2180 g/mol. The van der Waals surface area contributed by atoms with Crippen LogP contribution in [0.25, 0.3) is 0 Å². The van der Waals surface area contributed by atoms with Crippen molar-refractivity contribution in [2.24, 2.45) is 0 Å². The summed E-state index contributed by atoms with van der Waals surface area (Å²) in [6, 6.07) is 69.4. The highest BCUT2D eigenvalue weighted by Crippen LogP contribution is 2.65. The summed E-state index contributed by atoms with van der Waals surface area (Å²) < 4.78 is 217. The normalized spacial score (nSPS) is 38.0. The second-order valence-electron chi connectivity index (χ2n) is 42.9. The molecule has 12 bridgehead atoms. The van der Waals surface area contributed by atoms with Crippen LogP contribution < -0.4 is 36.3 Å². The summed E-state index contributed by atoms with van der Waals surface area (Å²) in [6.07, 6.45) is 32.0. The van der Waals surface area contributed by atoms with Crippen molar-refractivity contribution in [3.63, 3.8) is 0 Å². The van der Waals surface area contributed by atoms with Gasteiger partial charge < -0.3 is 98.8 Å². The van der Waals surface area contributed by atoms with Gasteiger partial charge >= 0.3 is 132 Å². The van der Waals surface area contributed by atoms with Gasteiger partial charge in [-0.2, -0.15) is 0 Å². The van der Waals surface area contributed by atoms with E-state index in [0.29, 0.717) is 36.3 Å². The van der Waals surface area contributed by atoms with Crippen molar-refractivity contribution in [2.75, 3.05) is 0 Å². The first kappa shape index (κ1) is 99.6. The second-order valence-corrected chi connectivity index (χ2v) is 98.8. The summed E-state index contributed by atoms with van der Waals surface area (Å²) in [5.41, 5.74) is 2.52. The third-order valence-corrected chi connectivity index (χ3v) is 110. The Morgan fingerprint density at radius 2 is 0.435 bits per heavy atom. The zero-order chi connectivity index (χ0) is 94.4. The average Bonchev–Trinajstić information content (AvgIpc) is 0.659. The van der Waals surface area contributed by atoms with Gasteiger partial charge in [0.25, 0.3) is 0 Å². The first-order valence-electron chi connectivity index (χ1n) is 52.0. The van der Waals surface area contributed by atoms with Crippen LogP contribution in [0.5, 0.6) is 0 Å². The van der Waals surface area contributed by atoms with Crippen LogP contribution in [0.15, 0.2) is 237 Å². The van der Waals surface area contributed by atoms with Gasteiger partial charge in [-0.15, -0.1) is 13.2 Å². The monoisotopic (exact) mass is 2180 g/mol. The lowest BCUT2D eigenvalue weighted by atomic mass is 10.0. The van der Waals surface area contributed by atoms with Crippen molar-refractivity contribution in [2.45, 2.75) is 315 Å². The fourth-order valence-corrected chi connectivity index (χ4v) is 128. The Balaban J connectivity index is 0.810. The summed E-state index contributed by atoms with van der Waals surface area (Å²) in [5.74, 6) is 0. The molecular formula is C96H138O24Si18. The number of hydrogen-bond acceptors (Lipinski definition) is 24. The van der Waals surface area contributed by atoms with E-state index in [-0.39, 0.29) is 44.8 Å². The van der Waals surface area contributed by atoms with E-state index in [2.05, 4.69) is 51.4 Å². The molecule has 7 aliphatic carbocycles. The van der Waals surface area contributed by atoms with E-state index in [1.165, 1.54) is 0 Å². The Hall–Kier alpha value is -3.04. The zero-order valence-corrected chi connectivity index (χ0v) is 99.1. The third-order valence-electron chi connectivity index (χ3n) is 31.8. The second kappa shape index (κ2) is 39.5. The summed E-state index contributed by atoms with van der Waals surface area (Å²) in [7, 11) is -80.3. The molecule has 0 spiro atoms. The maximum atomic E-state index is 9.56. The van der Waals surface area contributed by atoms with Crippen molar-refractivity contribution < 1.29 is 98.8 Å². The van der Waals surface area contributed by atoms with Crippen molar-refractivity contribution in [1.82, 2.24) is 0 Å². The van der Waals surface area contributed by atoms with E-state index in [9.17, 15) is 37.0 Å². The summed E-state index contributed by atoms with van der Waals surface area (Å²) in [5, 5.41) is 2.35. The van der Waals surface area contributed by atoms with Gasteiger partial charge in [0.05, 0.1) is 0 Å². The Kier molecular flexibility index (Phi) is 28.5. The molecule has 4 unspecified atom stereocenters. The topological polar surface area (TPSA) is 222 Å². The number of rotatable bonds is 25. The van der Waals surface area contributed by atoms with Crippen molar-refractivity contribution in [3.05, 3.63) is 237 Å². The Morgan fingerprint density at radius 1 is 0.254 bits per heavy atom. The lowest BCUT2D eigenvalue weighted by molar-refractivity contribution is -0.0181. The zero-order valence-electron chi connectivity index (χ0n) is 81.1. The first-order chi connectivity index (χ1) is 66.8. The molecule has 7 aromatic carbocycles. The van der Waals surface area contributed by atoms with Crippen LogP contribution in [0.2, 0.25) is 76.1 Å². The molecule has 0 amide bonds. The minimum Gasteiger partial charge on any atom is -0.416 e. The quantitative estimate of drug-likeness (QED) is 0.0485. The van der Waals surface area contributed by atoms with Crippen LogP contribution in [0, 0.1) is 0 Å². The van der Waals surface area contributed by atoms with Crippen LogP contribution in [0.1, 0.15) is 239 Å². The molecule has 0 N–H and O–H groups in total. The Morgan fingerprint density at radius 3 is 0.645 bits per heavy atom. The number of hydrogen-bond donors (Lipinski definition) is 0. The lowest BCUT2D eigenvalue weighted by Gasteiger charge is -2.64. The summed E-state index contributed by atoms with van der Waals surface area (Å²) in [4.78, 5) is 0. The molecule has 9 aliphatic heterocycles. The molecule has 24 nitrogen and oxygen atoms in total. The van der Waals surface area contributed by atoms with Gasteiger partial charge in [-0.3, -0.25) is 0 Å². The van der Waals surface area contributed by atoms with E-state index in [1.807, 2.05) is 212 Å².